The number of methoxy groups -OCH3 is 1. The van der Waals surface area contributed by atoms with E-state index in [9.17, 15) is 0 Å². The molecule has 0 heterocycles. The van der Waals surface area contributed by atoms with Gasteiger partial charge in [0, 0.05) is 7.11 Å². The van der Waals surface area contributed by atoms with E-state index in [0.29, 0.717) is 6.61 Å². The topological polar surface area (TPSA) is 9.23 Å². The lowest BCUT2D eigenvalue weighted by atomic mass is 10.1. The van der Waals surface area contributed by atoms with Crippen molar-refractivity contribution < 1.29 is 4.74 Å². The van der Waals surface area contributed by atoms with Gasteiger partial charge in [0.2, 0.25) is 0 Å². The molecule has 84 valence electrons. The Balaban J connectivity index is 0.000000386. The Bertz CT molecular complexity index is 446. The summed E-state index contributed by atoms with van der Waals surface area (Å²) in [5.41, 5.74) is 1.22. The molecule has 2 aromatic carbocycles. The second-order valence-electron chi connectivity index (χ2n) is 3.52. The highest BCUT2D eigenvalue weighted by Gasteiger charge is 1.94. The van der Waals surface area contributed by atoms with Crippen LogP contribution in [-0.4, -0.2) is 7.11 Å². The van der Waals surface area contributed by atoms with Crippen molar-refractivity contribution in [1.29, 1.82) is 0 Å². The smallest absolute Gasteiger partial charge is 0.0713 e. The maximum Gasteiger partial charge on any atom is 0.0713 e. The summed E-state index contributed by atoms with van der Waals surface area (Å²) in [6.45, 7) is 5.94. The summed E-state index contributed by atoms with van der Waals surface area (Å²) >= 11 is 0. The zero-order chi connectivity index (χ0) is 11.8. The number of fused-ring (bicyclic) bond motifs is 1. The predicted octanol–water partition coefficient (Wildman–Crippen LogP) is 4.18. The maximum atomic E-state index is 5.08. The average Bonchev–Trinajstić information content (AvgIpc) is 2.30. The van der Waals surface area contributed by atoms with Crippen LogP contribution in [0.4, 0.5) is 0 Å². The van der Waals surface area contributed by atoms with Crippen LogP contribution in [0.1, 0.15) is 12.5 Å². The van der Waals surface area contributed by atoms with E-state index < -0.39 is 0 Å². The van der Waals surface area contributed by atoms with Crippen LogP contribution in [0.2, 0.25) is 0 Å². The Labute approximate surface area is 97.4 Å². The van der Waals surface area contributed by atoms with Crippen molar-refractivity contribution in [1.82, 2.24) is 0 Å². The van der Waals surface area contributed by atoms with Crippen molar-refractivity contribution in [3.05, 3.63) is 60.7 Å². The van der Waals surface area contributed by atoms with E-state index in [2.05, 4.69) is 49.0 Å². The summed E-state index contributed by atoms with van der Waals surface area (Å²) in [7, 11) is 1.72. The Morgan fingerprint density at radius 3 is 2.38 bits per heavy atom. The van der Waals surface area contributed by atoms with E-state index in [1.54, 1.807) is 13.2 Å². The van der Waals surface area contributed by atoms with Gasteiger partial charge in [-0.2, -0.15) is 0 Å². The second kappa shape index (κ2) is 6.81. The van der Waals surface area contributed by atoms with Crippen molar-refractivity contribution in [3.63, 3.8) is 0 Å². The van der Waals surface area contributed by atoms with E-state index >= 15 is 0 Å². The van der Waals surface area contributed by atoms with Gasteiger partial charge < -0.3 is 4.74 Å². The van der Waals surface area contributed by atoms with Gasteiger partial charge in [-0.05, 0) is 29.3 Å². The molecule has 0 spiro atoms. The van der Waals surface area contributed by atoms with Crippen LogP contribution < -0.4 is 0 Å². The van der Waals surface area contributed by atoms with Gasteiger partial charge in [-0.25, -0.2) is 0 Å². The van der Waals surface area contributed by atoms with Crippen molar-refractivity contribution in [3.8, 4) is 0 Å². The third-order valence-corrected chi connectivity index (χ3v) is 2.12. The number of ether oxygens (including phenoxy) is 1. The number of rotatable bonds is 2. The first-order chi connectivity index (χ1) is 7.81. The number of hydrogen-bond donors (Lipinski definition) is 0. The summed E-state index contributed by atoms with van der Waals surface area (Å²) in [5.74, 6) is 0. The van der Waals surface area contributed by atoms with Crippen LogP contribution >= 0.6 is 0 Å². The largest absolute Gasteiger partial charge is 0.380 e. The molecule has 0 aliphatic heterocycles. The zero-order valence-electron chi connectivity index (χ0n) is 9.94. The molecule has 2 aromatic rings. The highest BCUT2D eigenvalue weighted by atomic mass is 16.5. The van der Waals surface area contributed by atoms with Crippen molar-refractivity contribution in [2.75, 3.05) is 7.11 Å². The predicted molar refractivity (Wildman–Crippen MR) is 70.5 cm³/mol. The highest BCUT2D eigenvalue weighted by molar-refractivity contribution is 5.82. The summed E-state index contributed by atoms with van der Waals surface area (Å²) in [4.78, 5) is 0. The van der Waals surface area contributed by atoms with Crippen LogP contribution in [0, 0.1) is 0 Å². The van der Waals surface area contributed by atoms with Gasteiger partial charge in [0.15, 0.2) is 0 Å². The fourth-order valence-electron chi connectivity index (χ4n) is 1.50. The molecule has 0 amide bonds. The Morgan fingerprint density at radius 1 is 1.12 bits per heavy atom. The number of allylic oxidation sites excluding steroid dienone is 1. The Hall–Kier alpha value is -1.60. The first-order valence-corrected chi connectivity index (χ1v) is 5.35. The molecular weight excluding hydrogens is 196 g/mol. The summed E-state index contributed by atoms with van der Waals surface area (Å²) < 4.78 is 5.08. The SMILES string of the molecule is C=CC.COCc1ccc2ccccc2c1. The van der Waals surface area contributed by atoms with Crippen LogP contribution in [0.3, 0.4) is 0 Å². The molecule has 0 bridgehead atoms. The molecule has 0 aliphatic carbocycles. The molecule has 1 nitrogen and oxygen atoms in total. The van der Waals surface area contributed by atoms with E-state index in [0.717, 1.165) is 0 Å². The van der Waals surface area contributed by atoms with E-state index in [1.807, 2.05) is 6.92 Å². The molecule has 0 N–H and O–H groups in total. The molecule has 0 aliphatic rings. The first-order valence-electron chi connectivity index (χ1n) is 5.35. The third kappa shape index (κ3) is 3.52. The standard InChI is InChI=1S/C12H12O.C3H6/c1-13-9-10-6-7-11-4-2-3-5-12(11)8-10;1-3-2/h2-8H,9H2,1H3;3H,1H2,2H3. The monoisotopic (exact) mass is 214 g/mol. The Kier molecular flexibility index (Phi) is 5.30. The van der Waals surface area contributed by atoms with Crippen molar-refractivity contribution >= 4 is 10.8 Å². The summed E-state index contributed by atoms with van der Waals surface area (Å²) in [6, 6.07) is 14.7. The fourth-order valence-corrected chi connectivity index (χ4v) is 1.50. The normalized spacial score (nSPS) is 9.38. The third-order valence-electron chi connectivity index (χ3n) is 2.12. The fraction of sp³-hybridized carbons (Fsp3) is 0.200. The quantitative estimate of drug-likeness (QED) is 0.681. The molecule has 2 rings (SSSR count). The molecule has 0 unspecified atom stereocenters. The molecule has 0 atom stereocenters. The lowest BCUT2D eigenvalue weighted by Crippen LogP contribution is -1.86. The highest BCUT2D eigenvalue weighted by Crippen LogP contribution is 2.15. The molecule has 0 fully saturated rings. The molecule has 16 heavy (non-hydrogen) atoms. The lowest BCUT2D eigenvalue weighted by Gasteiger charge is -2.01. The summed E-state index contributed by atoms with van der Waals surface area (Å²) in [6.07, 6.45) is 1.75. The van der Waals surface area contributed by atoms with Gasteiger partial charge in [0.1, 0.15) is 0 Å². The maximum absolute atomic E-state index is 5.08. The van der Waals surface area contributed by atoms with E-state index in [-0.39, 0.29) is 0 Å². The van der Waals surface area contributed by atoms with Crippen LogP contribution in [0.5, 0.6) is 0 Å². The van der Waals surface area contributed by atoms with Crippen molar-refractivity contribution in [2.24, 2.45) is 0 Å². The molecule has 1 heteroatoms. The van der Waals surface area contributed by atoms with Crippen LogP contribution in [0.15, 0.2) is 55.1 Å². The second-order valence-corrected chi connectivity index (χ2v) is 3.52. The molecule has 0 saturated carbocycles. The Morgan fingerprint density at radius 2 is 1.75 bits per heavy atom. The van der Waals surface area contributed by atoms with E-state index in [1.165, 1.54) is 16.3 Å². The minimum atomic E-state index is 0.685. The summed E-state index contributed by atoms with van der Waals surface area (Å²) in [5, 5.41) is 2.56. The average molecular weight is 214 g/mol. The van der Waals surface area contributed by atoms with Gasteiger partial charge in [-0.1, -0.05) is 42.5 Å². The van der Waals surface area contributed by atoms with Crippen LogP contribution in [-0.2, 0) is 11.3 Å². The van der Waals surface area contributed by atoms with Gasteiger partial charge >= 0.3 is 0 Å². The van der Waals surface area contributed by atoms with Crippen molar-refractivity contribution in [2.45, 2.75) is 13.5 Å². The van der Waals surface area contributed by atoms with Crippen LogP contribution in [0.25, 0.3) is 10.8 Å². The molecule has 0 aromatic heterocycles. The first kappa shape index (κ1) is 12.5. The molecule has 0 saturated heterocycles. The molecular formula is C15H18O. The number of benzene rings is 2. The zero-order valence-corrected chi connectivity index (χ0v) is 9.94. The molecule has 0 radical (unpaired) electrons. The van der Waals surface area contributed by atoms with E-state index in [4.69, 9.17) is 4.74 Å². The van der Waals surface area contributed by atoms with Gasteiger partial charge in [0.25, 0.3) is 0 Å². The minimum Gasteiger partial charge on any atom is -0.380 e. The number of hydrogen-bond acceptors (Lipinski definition) is 1. The lowest BCUT2D eigenvalue weighted by molar-refractivity contribution is 0.185. The minimum absolute atomic E-state index is 0.685. The van der Waals surface area contributed by atoms with Gasteiger partial charge in [-0.15, -0.1) is 6.58 Å². The van der Waals surface area contributed by atoms with Gasteiger partial charge in [-0.3, -0.25) is 0 Å². The van der Waals surface area contributed by atoms with Gasteiger partial charge in [0.05, 0.1) is 6.61 Å².